The zero-order valence-electron chi connectivity index (χ0n) is 20.2. The fourth-order valence-electron chi connectivity index (χ4n) is 2.67. The van der Waals surface area contributed by atoms with E-state index in [1.54, 1.807) is 6.92 Å². The number of aliphatic hydroxyl groups excluding tert-OH is 1. The number of nitrogens with one attached hydrogen (secondary N) is 1. The minimum absolute atomic E-state index is 0.0190. The zero-order chi connectivity index (χ0) is 26.2. The number of pyridine rings is 1. The summed E-state index contributed by atoms with van der Waals surface area (Å²) in [5, 5.41) is 10.6. The molecule has 1 saturated heterocycles. The van der Waals surface area contributed by atoms with Gasteiger partial charge in [0.05, 0.1) is 40.0 Å². The standard InChI is InChI=1S/C18H24N2O8.C4H8O3/c1-11-5-4-8-25-9-13(18(23)28-11)20-17(22)15-16(27-10-26-12(2)21)14(24-3)6-7-19-15;1-7-4(6)2-3-5/h6-7,11,13H,4-5,8-10H2,1-3H3,(H,20,22);5H,2-3H2,1H3/t11?,13-;/m0./s1. The maximum Gasteiger partial charge on any atom is 0.331 e. The first kappa shape index (κ1) is 29.6. The van der Waals surface area contributed by atoms with E-state index in [4.69, 9.17) is 28.8 Å². The Bertz CT molecular complexity index is 847. The Morgan fingerprint density at radius 2 is 2.03 bits per heavy atom. The number of aliphatic hydroxyl groups is 1. The number of rotatable bonds is 8. The number of ether oxygens (including phenoxy) is 6. The van der Waals surface area contributed by atoms with Crippen molar-refractivity contribution in [3.8, 4) is 11.5 Å². The number of esters is 3. The molecule has 0 aromatic carbocycles. The van der Waals surface area contributed by atoms with Gasteiger partial charge in [-0.3, -0.25) is 14.4 Å². The van der Waals surface area contributed by atoms with Crippen LogP contribution in [0.25, 0.3) is 0 Å². The van der Waals surface area contributed by atoms with Gasteiger partial charge in [0, 0.05) is 25.8 Å². The number of carbonyl (C=O) groups is 4. The molecule has 196 valence electrons. The highest BCUT2D eigenvalue weighted by Crippen LogP contribution is 2.29. The summed E-state index contributed by atoms with van der Waals surface area (Å²) >= 11 is 0. The maximum absolute atomic E-state index is 12.7. The minimum Gasteiger partial charge on any atom is -0.493 e. The molecule has 2 heterocycles. The maximum atomic E-state index is 12.7. The lowest BCUT2D eigenvalue weighted by Gasteiger charge is -2.19. The van der Waals surface area contributed by atoms with E-state index >= 15 is 0 Å². The van der Waals surface area contributed by atoms with Crippen molar-refractivity contribution >= 4 is 23.8 Å². The first-order chi connectivity index (χ1) is 16.7. The highest BCUT2D eigenvalue weighted by Gasteiger charge is 2.28. The fraction of sp³-hybridized carbons (Fsp3) is 0.591. The van der Waals surface area contributed by atoms with Crippen molar-refractivity contribution in [1.29, 1.82) is 0 Å². The topological polar surface area (TPSA) is 169 Å². The van der Waals surface area contributed by atoms with Gasteiger partial charge in [-0.05, 0) is 19.8 Å². The molecule has 35 heavy (non-hydrogen) atoms. The molecule has 2 atom stereocenters. The summed E-state index contributed by atoms with van der Waals surface area (Å²) in [6.07, 6.45) is 2.60. The summed E-state index contributed by atoms with van der Waals surface area (Å²) in [5.74, 6) is -2.00. The molecule has 2 N–H and O–H groups in total. The average Bonchev–Trinajstić information content (AvgIpc) is 2.90. The van der Waals surface area contributed by atoms with Crippen LogP contribution in [0.1, 0.15) is 43.6 Å². The smallest absolute Gasteiger partial charge is 0.331 e. The van der Waals surface area contributed by atoms with Crippen LogP contribution in [0.4, 0.5) is 0 Å². The molecule has 1 aromatic rings. The van der Waals surface area contributed by atoms with Gasteiger partial charge < -0.3 is 38.8 Å². The Hall–Kier alpha value is -3.45. The molecule has 0 radical (unpaired) electrons. The second-order valence-corrected chi connectivity index (χ2v) is 7.13. The van der Waals surface area contributed by atoms with Crippen LogP contribution in [0.15, 0.2) is 12.3 Å². The van der Waals surface area contributed by atoms with Crippen molar-refractivity contribution in [3.05, 3.63) is 18.0 Å². The summed E-state index contributed by atoms with van der Waals surface area (Å²) < 4.78 is 30.2. The number of hydrogen-bond acceptors (Lipinski definition) is 12. The first-order valence-electron chi connectivity index (χ1n) is 10.8. The zero-order valence-corrected chi connectivity index (χ0v) is 20.2. The number of hydrogen-bond donors (Lipinski definition) is 2. The largest absolute Gasteiger partial charge is 0.493 e. The lowest BCUT2D eigenvalue weighted by Crippen LogP contribution is -2.45. The molecule has 0 bridgehead atoms. The molecule has 1 fully saturated rings. The van der Waals surface area contributed by atoms with Gasteiger partial charge in [0.1, 0.15) is 0 Å². The average molecular weight is 501 g/mol. The van der Waals surface area contributed by atoms with E-state index in [2.05, 4.69) is 15.0 Å². The van der Waals surface area contributed by atoms with Crippen molar-refractivity contribution in [2.75, 3.05) is 40.8 Å². The lowest BCUT2D eigenvalue weighted by molar-refractivity contribution is -0.151. The molecule has 1 amide bonds. The van der Waals surface area contributed by atoms with Gasteiger partial charge in [0.25, 0.3) is 5.91 Å². The number of amides is 1. The third-order valence-electron chi connectivity index (χ3n) is 4.40. The van der Waals surface area contributed by atoms with Crippen LogP contribution >= 0.6 is 0 Å². The van der Waals surface area contributed by atoms with Crippen molar-refractivity contribution in [3.63, 3.8) is 0 Å². The molecule has 1 aliphatic rings. The Balaban J connectivity index is 0.000000762. The van der Waals surface area contributed by atoms with Crippen LogP contribution < -0.4 is 14.8 Å². The fourth-order valence-corrected chi connectivity index (χ4v) is 2.67. The van der Waals surface area contributed by atoms with Gasteiger partial charge in [-0.25, -0.2) is 9.78 Å². The van der Waals surface area contributed by atoms with Gasteiger partial charge in [-0.15, -0.1) is 0 Å². The molecule has 0 spiro atoms. The van der Waals surface area contributed by atoms with E-state index in [1.165, 1.54) is 33.4 Å². The number of carbonyl (C=O) groups excluding carboxylic acids is 4. The highest BCUT2D eigenvalue weighted by molar-refractivity contribution is 5.98. The Kier molecular flexibility index (Phi) is 13.7. The molecule has 2 rings (SSSR count). The SMILES string of the molecule is COC(=O)CCO.COc1ccnc(C(=O)N[C@H]2COCCCC(C)OC2=O)c1OCOC(C)=O. The first-order valence-corrected chi connectivity index (χ1v) is 10.8. The summed E-state index contributed by atoms with van der Waals surface area (Å²) in [6, 6.07) is 0.487. The molecule has 1 unspecified atom stereocenters. The molecule has 13 nitrogen and oxygen atoms in total. The third kappa shape index (κ3) is 11.0. The molecular formula is C22H32N2O11. The summed E-state index contributed by atoms with van der Waals surface area (Å²) in [5.41, 5.74) is -0.132. The number of cyclic esters (lactones) is 1. The Labute approximate surface area is 203 Å². The van der Waals surface area contributed by atoms with Crippen molar-refractivity contribution in [2.45, 2.75) is 45.3 Å². The van der Waals surface area contributed by atoms with Gasteiger partial charge >= 0.3 is 17.9 Å². The third-order valence-corrected chi connectivity index (χ3v) is 4.40. The van der Waals surface area contributed by atoms with Gasteiger partial charge in [0.15, 0.2) is 23.2 Å². The number of nitrogens with zero attached hydrogens (tertiary/aromatic N) is 1. The summed E-state index contributed by atoms with van der Waals surface area (Å²) in [7, 11) is 2.68. The van der Waals surface area contributed by atoms with Crippen LogP contribution in [0.2, 0.25) is 0 Å². The normalized spacial score (nSPS) is 17.7. The molecular weight excluding hydrogens is 468 g/mol. The molecule has 13 heteroatoms. The molecule has 0 saturated carbocycles. The second-order valence-electron chi connectivity index (χ2n) is 7.13. The van der Waals surface area contributed by atoms with E-state index in [0.29, 0.717) is 13.0 Å². The highest BCUT2D eigenvalue weighted by atomic mass is 16.7. The van der Waals surface area contributed by atoms with E-state index in [9.17, 15) is 19.2 Å². The van der Waals surface area contributed by atoms with E-state index < -0.39 is 30.7 Å². The van der Waals surface area contributed by atoms with Crippen LogP contribution in [0, 0.1) is 0 Å². The van der Waals surface area contributed by atoms with Crippen molar-refractivity contribution in [2.24, 2.45) is 0 Å². The van der Waals surface area contributed by atoms with Crippen LogP contribution in [-0.4, -0.2) is 86.9 Å². The second kappa shape index (κ2) is 16.2. The Morgan fingerprint density at radius 1 is 1.29 bits per heavy atom. The molecule has 1 aliphatic heterocycles. The number of methoxy groups -OCH3 is 2. The summed E-state index contributed by atoms with van der Waals surface area (Å²) in [4.78, 5) is 50.0. The summed E-state index contributed by atoms with van der Waals surface area (Å²) in [6.45, 7) is 2.89. The van der Waals surface area contributed by atoms with Gasteiger partial charge in [-0.2, -0.15) is 0 Å². The quantitative estimate of drug-likeness (QED) is 0.286. The van der Waals surface area contributed by atoms with E-state index in [-0.39, 0.29) is 48.9 Å². The minimum atomic E-state index is -0.998. The van der Waals surface area contributed by atoms with Crippen molar-refractivity contribution in [1.82, 2.24) is 10.3 Å². The van der Waals surface area contributed by atoms with E-state index in [1.807, 2.05) is 0 Å². The van der Waals surface area contributed by atoms with E-state index in [0.717, 1.165) is 6.42 Å². The monoisotopic (exact) mass is 500 g/mol. The predicted octanol–water partition coefficient (Wildman–Crippen LogP) is 0.372. The van der Waals surface area contributed by atoms with Gasteiger partial charge in [0.2, 0.25) is 6.79 Å². The van der Waals surface area contributed by atoms with Crippen LogP contribution in [0.3, 0.4) is 0 Å². The van der Waals surface area contributed by atoms with Crippen LogP contribution in [0.5, 0.6) is 11.5 Å². The lowest BCUT2D eigenvalue weighted by atomic mass is 10.2. The van der Waals surface area contributed by atoms with Crippen molar-refractivity contribution < 1.29 is 52.7 Å². The Morgan fingerprint density at radius 3 is 2.63 bits per heavy atom. The van der Waals surface area contributed by atoms with Gasteiger partial charge in [-0.1, -0.05) is 0 Å². The predicted molar refractivity (Wildman–Crippen MR) is 119 cm³/mol. The molecule has 0 aliphatic carbocycles. The molecule has 1 aromatic heterocycles. The number of aromatic nitrogens is 1. The van der Waals surface area contributed by atoms with Crippen LogP contribution in [-0.2, 0) is 33.3 Å².